The number of aromatic nitrogens is 2. The van der Waals surface area contributed by atoms with Crippen LogP contribution in [-0.4, -0.2) is 12.8 Å². The van der Waals surface area contributed by atoms with Crippen molar-refractivity contribution in [2.75, 3.05) is 6.54 Å². The van der Waals surface area contributed by atoms with Crippen molar-refractivity contribution < 1.29 is 9.13 Å². The van der Waals surface area contributed by atoms with Crippen LogP contribution in [-0.2, 0) is 32.4 Å². The Labute approximate surface area is 349 Å². The molecule has 296 valence electrons. The van der Waals surface area contributed by atoms with Crippen molar-refractivity contribution in [3.8, 4) is 22.3 Å². The Morgan fingerprint density at radius 3 is 1.41 bits per heavy atom. The Hall–Kier alpha value is -5.67. The second-order valence-corrected chi connectivity index (χ2v) is 15.5. The molecule has 0 N–H and O–H groups in total. The topological polar surface area (TPSA) is 20.1 Å². The first-order chi connectivity index (χ1) is 28.7. The van der Waals surface area contributed by atoms with E-state index in [-0.39, 0.29) is 0 Å². The molecule has 0 aliphatic heterocycles. The third kappa shape index (κ3) is 14.4. The average Bonchev–Trinajstić information content (AvgIpc) is 3.28. The number of unbranched alkanes of at least 4 members (excludes halogenated alkanes) is 6. The molecule has 0 aliphatic carbocycles. The minimum absolute atomic E-state index is 0.870. The number of pyridine rings is 2. The van der Waals surface area contributed by atoms with Gasteiger partial charge in [0.25, 0.3) is 0 Å². The van der Waals surface area contributed by atoms with Gasteiger partial charge in [0.05, 0.1) is 0 Å². The number of rotatable bonds is 23. The summed E-state index contributed by atoms with van der Waals surface area (Å²) in [6.07, 6.45) is 31.7. The molecule has 58 heavy (non-hydrogen) atoms. The molecule has 0 spiro atoms. The summed E-state index contributed by atoms with van der Waals surface area (Å²) in [6.45, 7) is 5.04. The Morgan fingerprint density at radius 2 is 0.931 bits per heavy atom. The van der Waals surface area contributed by atoms with Crippen molar-refractivity contribution in [1.29, 1.82) is 0 Å². The molecule has 2 heterocycles. The maximum absolute atomic E-state index is 4.82. The summed E-state index contributed by atoms with van der Waals surface area (Å²) in [5.74, 6) is 0. The summed E-state index contributed by atoms with van der Waals surface area (Å²) in [6, 6.07) is 48.2. The van der Waals surface area contributed by atoms with Crippen LogP contribution >= 0.6 is 0 Å². The van der Waals surface area contributed by atoms with Gasteiger partial charge in [-0.1, -0.05) is 134 Å². The number of benzene rings is 4. The molecule has 0 saturated carbocycles. The van der Waals surface area contributed by atoms with Crippen molar-refractivity contribution in [3.05, 3.63) is 199 Å². The lowest BCUT2D eigenvalue weighted by molar-refractivity contribution is -0.697. The van der Waals surface area contributed by atoms with Crippen molar-refractivity contribution in [2.45, 2.75) is 97.1 Å². The highest BCUT2D eigenvalue weighted by atomic mass is 14.9. The lowest BCUT2D eigenvalue weighted by atomic mass is 9.95. The molecular formula is C55H63N3+2. The Bertz CT molecular complexity index is 2060. The average molecular weight is 766 g/mol. The summed E-state index contributed by atoms with van der Waals surface area (Å²) in [5.41, 5.74) is 12.0. The van der Waals surface area contributed by atoms with E-state index in [2.05, 4.69) is 193 Å². The smallest absolute Gasteiger partial charge is 0.176 e. The van der Waals surface area contributed by atoms with Crippen molar-refractivity contribution in [2.24, 2.45) is 4.99 Å². The van der Waals surface area contributed by atoms with Crippen LogP contribution in [0.25, 0.3) is 27.8 Å². The lowest BCUT2D eigenvalue weighted by Gasteiger charge is -2.11. The summed E-state index contributed by atoms with van der Waals surface area (Å²) in [7, 11) is 0. The fraction of sp³-hybridized carbons (Fsp3) is 0.291. The van der Waals surface area contributed by atoms with Crippen LogP contribution < -0.4 is 9.13 Å². The Balaban J connectivity index is 0.987. The predicted octanol–water partition coefficient (Wildman–Crippen LogP) is 12.9. The van der Waals surface area contributed by atoms with Gasteiger partial charge in [0.15, 0.2) is 24.8 Å². The number of aryl methyl sites for hydroxylation is 5. The number of aliphatic imine (C=N–C) groups is 1. The zero-order valence-electron chi connectivity index (χ0n) is 34.8. The summed E-state index contributed by atoms with van der Waals surface area (Å²) < 4.78 is 4.71. The van der Waals surface area contributed by atoms with E-state index in [1.165, 1.54) is 95.9 Å². The van der Waals surface area contributed by atoms with E-state index in [0.717, 1.165) is 50.9 Å². The molecule has 2 aromatic heterocycles. The summed E-state index contributed by atoms with van der Waals surface area (Å²) in [5, 5.41) is 0. The van der Waals surface area contributed by atoms with E-state index in [1.807, 2.05) is 6.21 Å². The first kappa shape index (κ1) is 41.9. The number of hydrogen-bond acceptors (Lipinski definition) is 1. The molecule has 6 rings (SSSR count). The summed E-state index contributed by atoms with van der Waals surface area (Å²) in [4.78, 5) is 4.82. The van der Waals surface area contributed by atoms with Gasteiger partial charge in [0.2, 0.25) is 0 Å². The van der Waals surface area contributed by atoms with Gasteiger partial charge < -0.3 is 0 Å². The van der Waals surface area contributed by atoms with Crippen LogP contribution in [0.2, 0.25) is 0 Å². The second kappa shape index (κ2) is 24.2. The van der Waals surface area contributed by atoms with E-state index >= 15 is 0 Å². The number of hydrogen-bond donors (Lipinski definition) is 0. The van der Waals surface area contributed by atoms with Gasteiger partial charge >= 0.3 is 0 Å². The SMILES string of the molecule is C\C=C/C=C(\C=N\CCCCCc1cc(CCCCC[n+]2cccc(-c3ccccc3)c2)cc(CCCCC[n+]2cccc(-c3ccccc3)c2)c1)c1ccccc1. The maximum atomic E-state index is 4.82. The highest BCUT2D eigenvalue weighted by Crippen LogP contribution is 2.20. The third-order valence-electron chi connectivity index (χ3n) is 10.9. The van der Waals surface area contributed by atoms with E-state index < -0.39 is 0 Å². The monoisotopic (exact) mass is 766 g/mol. The first-order valence-electron chi connectivity index (χ1n) is 21.8. The molecule has 4 aromatic carbocycles. The van der Waals surface area contributed by atoms with Crippen LogP contribution in [0.3, 0.4) is 0 Å². The van der Waals surface area contributed by atoms with E-state index in [4.69, 9.17) is 4.99 Å². The van der Waals surface area contributed by atoms with Gasteiger partial charge in [-0.25, -0.2) is 9.13 Å². The molecule has 0 atom stereocenters. The molecule has 0 aliphatic rings. The number of allylic oxidation sites excluding steroid dienone is 4. The van der Waals surface area contributed by atoms with E-state index in [0.29, 0.717) is 0 Å². The molecule has 0 unspecified atom stereocenters. The van der Waals surface area contributed by atoms with Crippen LogP contribution in [0.4, 0.5) is 0 Å². The lowest BCUT2D eigenvalue weighted by Crippen LogP contribution is -2.32. The van der Waals surface area contributed by atoms with Gasteiger partial charge in [-0.2, -0.15) is 0 Å². The van der Waals surface area contributed by atoms with E-state index in [9.17, 15) is 0 Å². The van der Waals surface area contributed by atoms with E-state index in [1.54, 1.807) is 0 Å². The van der Waals surface area contributed by atoms with Crippen LogP contribution in [0, 0.1) is 0 Å². The zero-order valence-corrected chi connectivity index (χ0v) is 34.8. The maximum Gasteiger partial charge on any atom is 0.176 e. The highest BCUT2D eigenvalue weighted by Gasteiger charge is 2.08. The normalized spacial score (nSPS) is 11.8. The molecule has 0 radical (unpaired) electrons. The van der Waals surface area contributed by atoms with Crippen LogP contribution in [0.15, 0.2) is 181 Å². The molecule has 0 bridgehead atoms. The van der Waals surface area contributed by atoms with Gasteiger partial charge in [-0.05, 0) is 116 Å². The van der Waals surface area contributed by atoms with Gasteiger partial charge in [-0.15, -0.1) is 0 Å². The Kier molecular flexibility index (Phi) is 17.5. The van der Waals surface area contributed by atoms with Crippen molar-refractivity contribution in [3.63, 3.8) is 0 Å². The molecule has 0 saturated heterocycles. The molecule has 6 aromatic rings. The van der Waals surface area contributed by atoms with Crippen molar-refractivity contribution >= 4 is 11.8 Å². The quantitative estimate of drug-likeness (QED) is 0.0268. The minimum Gasteiger partial charge on any atom is -0.293 e. The Morgan fingerprint density at radius 1 is 0.483 bits per heavy atom. The summed E-state index contributed by atoms with van der Waals surface area (Å²) >= 11 is 0. The molecule has 0 fully saturated rings. The molecule has 3 heteroatoms. The van der Waals surface area contributed by atoms with Gasteiger partial charge in [0.1, 0.15) is 13.1 Å². The second-order valence-electron chi connectivity index (χ2n) is 15.5. The van der Waals surface area contributed by atoms with Gasteiger partial charge in [-0.3, -0.25) is 4.99 Å². The van der Waals surface area contributed by atoms with Gasteiger partial charge in [0, 0.05) is 48.9 Å². The zero-order chi connectivity index (χ0) is 39.9. The van der Waals surface area contributed by atoms with Crippen LogP contribution in [0.1, 0.15) is 87.0 Å². The third-order valence-corrected chi connectivity index (χ3v) is 10.9. The fourth-order valence-corrected chi connectivity index (χ4v) is 7.71. The first-order valence-corrected chi connectivity index (χ1v) is 21.8. The number of nitrogens with zero attached hydrogens (tertiary/aromatic N) is 3. The highest BCUT2D eigenvalue weighted by molar-refractivity contribution is 6.10. The van der Waals surface area contributed by atoms with Crippen molar-refractivity contribution in [1.82, 2.24) is 0 Å². The predicted molar refractivity (Wildman–Crippen MR) is 246 cm³/mol. The minimum atomic E-state index is 0.870. The largest absolute Gasteiger partial charge is 0.293 e. The molecule has 0 amide bonds. The standard InChI is InChI=1S/C55H63N3/c1-2-3-27-53(50-28-13-4-14-29-50)44-56-36-19-7-10-24-47-41-48(25-11-8-20-37-57-39-22-34-54(45-57)51-30-15-5-16-31-51)43-49(42-47)26-12-9-21-38-58-40-23-35-55(46-58)52-32-17-6-18-33-52/h2-6,13-18,22-23,27-35,39-46H,7-12,19-21,24-26,36-38H2,1H3/q+2/b3-2-,53-27+,56-44+. The molecular weight excluding hydrogens is 703 g/mol. The molecule has 3 nitrogen and oxygen atoms in total. The fourth-order valence-electron chi connectivity index (χ4n) is 7.71. The van der Waals surface area contributed by atoms with Crippen LogP contribution in [0.5, 0.6) is 0 Å².